The second-order valence-electron chi connectivity index (χ2n) is 3.30. The first-order chi connectivity index (χ1) is 5.85. The summed E-state index contributed by atoms with van der Waals surface area (Å²) in [6.45, 7) is 2.71. The summed E-state index contributed by atoms with van der Waals surface area (Å²) in [5.41, 5.74) is 0. The Morgan fingerprint density at radius 2 is 2.08 bits per heavy atom. The Labute approximate surface area is 77.0 Å². The SMILES string of the molecule is CC1(C)C(=O)N(CCC#N)S1(=O)=O. The molecule has 1 heterocycles. The van der Waals surface area contributed by atoms with Crippen molar-refractivity contribution in [3.8, 4) is 6.07 Å². The van der Waals surface area contributed by atoms with Crippen LogP contribution in [-0.4, -0.2) is 29.9 Å². The van der Waals surface area contributed by atoms with Gasteiger partial charge in [0, 0.05) is 6.54 Å². The van der Waals surface area contributed by atoms with E-state index < -0.39 is 20.7 Å². The molecule has 0 aromatic rings. The normalized spacial score (nSPS) is 23.5. The zero-order valence-electron chi connectivity index (χ0n) is 7.44. The van der Waals surface area contributed by atoms with Gasteiger partial charge in [-0.1, -0.05) is 0 Å². The van der Waals surface area contributed by atoms with E-state index in [1.54, 1.807) is 6.07 Å². The minimum Gasteiger partial charge on any atom is -0.272 e. The molecule has 0 N–H and O–H groups in total. The molecule has 5 nitrogen and oxygen atoms in total. The summed E-state index contributed by atoms with van der Waals surface area (Å²) in [4.78, 5) is 11.2. The van der Waals surface area contributed by atoms with Crippen LogP contribution in [0.2, 0.25) is 0 Å². The van der Waals surface area contributed by atoms with Gasteiger partial charge in [0.05, 0.1) is 12.5 Å². The van der Waals surface area contributed by atoms with E-state index in [1.807, 2.05) is 0 Å². The minimum absolute atomic E-state index is 0.0267. The average molecular weight is 202 g/mol. The van der Waals surface area contributed by atoms with Crippen molar-refractivity contribution in [2.45, 2.75) is 25.0 Å². The van der Waals surface area contributed by atoms with Gasteiger partial charge in [0.15, 0.2) is 4.75 Å². The fourth-order valence-electron chi connectivity index (χ4n) is 1.13. The quantitative estimate of drug-likeness (QED) is 0.623. The van der Waals surface area contributed by atoms with Gasteiger partial charge in [0.2, 0.25) is 0 Å². The molecule has 1 aliphatic rings. The van der Waals surface area contributed by atoms with Gasteiger partial charge in [0.1, 0.15) is 0 Å². The summed E-state index contributed by atoms with van der Waals surface area (Å²) in [5.74, 6) is -0.428. The van der Waals surface area contributed by atoms with Crippen molar-refractivity contribution in [3.63, 3.8) is 0 Å². The second-order valence-corrected chi connectivity index (χ2v) is 5.71. The first-order valence-corrected chi connectivity index (χ1v) is 5.23. The topological polar surface area (TPSA) is 78.2 Å². The Bertz CT molecular complexity index is 377. The Hall–Kier alpha value is -1.09. The van der Waals surface area contributed by atoms with E-state index in [4.69, 9.17) is 5.26 Å². The third-order valence-electron chi connectivity index (χ3n) is 2.10. The molecule has 0 aromatic carbocycles. The van der Waals surface area contributed by atoms with Gasteiger partial charge in [-0.15, -0.1) is 0 Å². The molecule has 0 radical (unpaired) electrons. The van der Waals surface area contributed by atoms with E-state index >= 15 is 0 Å². The molecule has 1 rings (SSSR count). The van der Waals surface area contributed by atoms with Gasteiger partial charge < -0.3 is 0 Å². The highest BCUT2D eigenvalue weighted by atomic mass is 32.2. The maximum atomic E-state index is 11.4. The molecule has 0 aromatic heterocycles. The maximum absolute atomic E-state index is 11.4. The molecule has 0 spiro atoms. The highest BCUT2D eigenvalue weighted by molar-refractivity contribution is 7.94. The van der Waals surface area contributed by atoms with Crippen molar-refractivity contribution in [2.24, 2.45) is 0 Å². The zero-order chi connectivity index (χ0) is 10.3. The number of nitrogens with zero attached hydrogens (tertiary/aromatic N) is 2. The minimum atomic E-state index is -3.49. The van der Waals surface area contributed by atoms with Crippen LogP contribution in [0.5, 0.6) is 0 Å². The van der Waals surface area contributed by atoms with Crippen LogP contribution in [0.1, 0.15) is 20.3 Å². The van der Waals surface area contributed by atoms with Gasteiger partial charge in [0.25, 0.3) is 15.9 Å². The number of hydrogen-bond acceptors (Lipinski definition) is 4. The van der Waals surface area contributed by atoms with E-state index in [-0.39, 0.29) is 13.0 Å². The summed E-state index contributed by atoms with van der Waals surface area (Å²) < 4.78 is 22.2. The van der Waals surface area contributed by atoms with Crippen LogP contribution in [0.25, 0.3) is 0 Å². The average Bonchev–Trinajstić information content (AvgIpc) is 2.04. The molecule has 72 valence electrons. The molecule has 6 heteroatoms. The number of hydrogen-bond donors (Lipinski definition) is 0. The summed E-state index contributed by atoms with van der Waals surface area (Å²) >= 11 is 0. The van der Waals surface area contributed by atoms with Crippen LogP contribution in [0.3, 0.4) is 0 Å². The Morgan fingerprint density at radius 1 is 1.54 bits per heavy atom. The third-order valence-corrected chi connectivity index (χ3v) is 4.50. The third kappa shape index (κ3) is 1.11. The van der Waals surface area contributed by atoms with E-state index in [0.717, 1.165) is 4.31 Å². The van der Waals surface area contributed by atoms with Crippen molar-refractivity contribution in [1.82, 2.24) is 4.31 Å². The fourth-order valence-corrected chi connectivity index (χ4v) is 2.66. The van der Waals surface area contributed by atoms with E-state index in [2.05, 4.69) is 0 Å². The lowest BCUT2D eigenvalue weighted by Crippen LogP contribution is -2.67. The van der Waals surface area contributed by atoms with Crippen LogP contribution in [0, 0.1) is 11.3 Å². The molecule has 0 atom stereocenters. The monoisotopic (exact) mass is 202 g/mol. The molecule has 1 aliphatic heterocycles. The number of carbonyl (C=O) groups is 1. The molecule has 13 heavy (non-hydrogen) atoms. The van der Waals surface area contributed by atoms with Gasteiger partial charge in [-0.25, -0.2) is 12.7 Å². The van der Waals surface area contributed by atoms with Crippen LogP contribution in [0.15, 0.2) is 0 Å². The van der Waals surface area contributed by atoms with Gasteiger partial charge >= 0.3 is 0 Å². The smallest absolute Gasteiger partial charge is 0.258 e. The Kier molecular flexibility index (Phi) is 2.08. The Balaban J connectivity index is 2.85. The number of amides is 1. The maximum Gasteiger partial charge on any atom is 0.258 e. The Morgan fingerprint density at radius 3 is 2.46 bits per heavy atom. The van der Waals surface area contributed by atoms with E-state index in [0.29, 0.717) is 0 Å². The fraction of sp³-hybridized carbons (Fsp3) is 0.714. The van der Waals surface area contributed by atoms with Crippen molar-refractivity contribution in [2.75, 3.05) is 6.54 Å². The molecular weight excluding hydrogens is 192 g/mol. The van der Waals surface area contributed by atoms with Crippen LogP contribution < -0.4 is 0 Å². The van der Waals surface area contributed by atoms with Gasteiger partial charge in [-0.3, -0.25) is 4.79 Å². The summed E-state index contributed by atoms with van der Waals surface area (Å²) in [5, 5.41) is 8.24. The summed E-state index contributed by atoms with van der Waals surface area (Å²) in [7, 11) is -3.49. The first kappa shape index (κ1) is 9.99. The zero-order valence-corrected chi connectivity index (χ0v) is 8.26. The molecule has 0 saturated carbocycles. The predicted molar refractivity (Wildman–Crippen MR) is 44.9 cm³/mol. The van der Waals surface area contributed by atoms with Crippen molar-refractivity contribution in [1.29, 1.82) is 5.26 Å². The lowest BCUT2D eigenvalue weighted by atomic mass is 10.2. The highest BCUT2D eigenvalue weighted by Gasteiger charge is 2.59. The summed E-state index contributed by atoms with van der Waals surface area (Å²) in [6, 6.07) is 1.79. The van der Waals surface area contributed by atoms with Crippen molar-refractivity contribution in [3.05, 3.63) is 0 Å². The molecular formula is C7H10N2O3S. The number of nitriles is 1. The lowest BCUT2D eigenvalue weighted by molar-refractivity contribution is -0.132. The molecule has 1 amide bonds. The number of carbonyl (C=O) groups excluding carboxylic acids is 1. The van der Waals surface area contributed by atoms with Crippen molar-refractivity contribution < 1.29 is 13.2 Å². The van der Waals surface area contributed by atoms with Gasteiger partial charge in [-0.2, -0.15) is 5.26 Å². The lowest BCUT2D eigenvalue weighted by Gasteiger charge is -2.42. The second kappa shape index (κ2) is 2.70. The largest absolute Gasteiger partial charge is 0.272 e. The molecule has 1 saturated heterocycles. The van der Waals surface area contributed by atoms with E-state index in [9.17, 15) is 13.2 Å². The standard InChI is InChI=1S/C7H10N2O3S/c1-7(2)6(10)9(5-3-4-8)13(7,11)12/h3,5H2,1-2H3. The van der Waals surface area contributed by atoms with Crippen LogP contribution in [0.4, 0.5) is 0 Å². The van der Waals surface area contributed by atoms with Gasteiger partial charge in [-0.05, 0) is 13.8 Å². The number of sulfonamides is 1. The molecule has 1 fully saturated rings. The predicted octanol–water partition coefficient (Wildman–Crippen LogP) is -0.149. The molecule has 0 aliphatic carbocycles. The summed E-state index contributed by atoms with van der Waals surface area (Å²) in [6.07, 6.45) is 0.0427. The molecule has 0 bridgehead atoms. The van der Waals surface area contributed by atoms with E-state index in [1.165, 1.54) is 13.8 Å². The van der Waals surface area contributed by atoms with Crippen molar-refractivity contribution >= 4 is 15.9 Å². The first-order valence-electron chi connectivity index (χ1n) is 3.79. The molecule has 0 unspecified atom stereocenters. The number of rotatable bonds is 2. The van der Waals surface area contributed by atoms with Crippen LogP contribution >= 0.6 is 0 Å². The highest BCUT2D eigenvalue weighted by Crippen LogP contribution is 2.34. The van der Waals surface area contributed by atoms with Crippen LogP contribution in [-0.2, 0) is 14.8 Å².